The molecule has 2 heterocycles. The van der Waals surface area contributed by atoms with Gasteiger partial charge in [-0.2, -0.15) is 0 Å². The summed E-state index contributed by atoms with van der Waals surface area (Å²) in [4.78, 5) is 17.8. The zero-order valence-electron chi connectivity index (χ0n) is 10.5. The Hall–Kier alpha value is -2.88. The number of aromatic nitrogens is 4. The van der Waals surface area contributed by atoms with Crippen molar-refractivity contribution in [1.29, 1.82) is 0 Å². The Kier molecular flexibility index (Phi) is 2.39. The summed E-state index contributed by atoms with van der Waals surface area (Å²) in [5.41, 5.74) is 4.66. The molecule has 2 aromatic carbocycles. The molecule has 4 heteroatoms. The second kappa shape index (κ2) is 4.35. The van der Waals surface area contributed by atoms with E-state index in [4.69, 9.17) is 0 Å². The van der Waals surface area contributed by atoms with Gasteiger partial charge in [-0.05, 0) is 24.3 Å². The van der Waals surface area contributed by atoms with Crippen LogP contribution in [0.5, 0.6) is 0 Å². The standard InChI is InChI=1S/C16H9N4/c1-3-7-13-11(5-1)17-9-15(19-13)16-10-18-12-6-2-4-8-14(12)20-16/h1-9H. The van der Waals surface area contributed by atoms with Crippen molar-refractivity contribution < 1.29 is 0 Å². The Morgan fingerprint density at radius 1 is 0.700 bits per heavy atom. The summed E-state index contributed by atoms with van der Waals surface area (Å²) in [6, 6.07) is 15.5. The maximum atomic E-state index is 4.56. The Labute approximate surface area is 115 Å². The molecule has 0 saturated heterocycles. The number of fused-ring (bicyclic) bond motifs is 2. The van der Waals surface area contributed by atoms with Gasteiger partial charge in [0.15, 0.2) is 0 Å². The molecule has 4 nitrogen and oxygen atoms in total. The monoisotopic (exact) mass is 257 g/mol. The number of nitrogens with zero attached hydrogens (tertiary/aromatic N) is 4. The molecule has 4 rings (SSSR count). The quantitative estimate of drug-likeness (QED) is 0.526. The zero-order valence-corrected chi connectivity index (χ0v) is 10.5. The van der Waals surface area contributed by atoms with E-state index in [-0.39, 0.29) is 0 Å². The van der Waals surface area contributed by atoms with Gasteiger partial charge in [0, 0.05) is 0 Å². The highest BCUT2D eigenvalue weighted by molar-refractivity contribution is 5.78. The Morgan fingerprint density at radius 3 is 2.15 bits per heavy atom. The number of benzene rings is 2. The van der Waals surface area contributed by atoms with Gasteiger partial charge in [-0.3, -0.25) is 4.98 Å². The first-order chi connectivity index (χ1) is 9.90. The van der Waals surface area contributed by atoms with E-state index in [1.807, 2.05) is 48.5 Å². The molecular weight excluding hydrogens is 248 g/mol. The molecule has 0 aliphatic rings. The van der Waals surface area contributed by atoms with E-state index < -0.39 is 0 Å². The molecule has 93 valence electrons. The molecular formula is C16H9N4. The minimum absolute atomic E-state index is 0.613. The number of para-hydroxylation sites is 4. The zero-order chi connectivity index (χ0) is 13.4. The van der Waals surface area contributed by atoms with Crippen molar-refractivity contribution in [2.75, 3.05) is 0 Å². The van der Waals surface area contributed by atoms with Crippen molar-refractivity contribution in [3.8, 4) is 11.4 Å². The largest absolute Gasteiger partial charge is 0.252 e. The van der Waals surface area contributed by atoms with Crippen molar-refractivity contribution in [3.63, 3.8) is 0 Å². The topological polar surface area (TPSA) is 51.6 Å². The van der Waals surface area contributed by atoms with Crippen LogP contribution in [0.4, 0.5) is 0 Å². The third-order valence-corrected chi connectivity index (χ3v) is 3.09. The summed E-state index contributed by atoms with van der Waals surface area (Å²) < 4.78 is 0. The molecule has 20 heavy (non-hydrogen) atoms. The fourth-order valence-corrected chi connectivity index (χ4v) is 2.10. The van der Waals surface area contributed by atoms with Gasteiger partial charge in [-0.25, -0.2) is 15.0 Å². The van der Waals surface area contributed by atoms with E-state index in [0.717, 1.165) is 22.1 Å². The van der Waals surface area contributed by atoms with Gasteiger partial charge in [-0.15, -0.1) is 0 Å². The lowest BCUT2D eigenvalue weighted by molar-refractivity contribution is 1.22. The molecule has 0 spiro atoms. The summed E-state index contributed by atoms with van der Waals surface area (Å²) in [5, 5.41) is 0. The van der Waals surface area contributed by atoms with Crippen LogP contribution in [0.3, 0.4) is 0 Å². The second-order valence-electron chi connectivity index (χ2n) is 4.42. The lowest BCUT2D eigenvalue weighted by atomic mass is 10.2. The first kappa shape index (κ1) is 11.0. The summed E-state index contributed by atoms with van der Waals surface area (Å²) in [6.07, 6.45) is 4.63. The summed E-state index contributed by atoms with van der Waals surface area (Å²) in [6.45, 7) is 0. The predicted molar refractivity (Wildman–Crippen MR) is 76.9 cm³/mol. The molecule has 1 radical (unpaired) electrons. The maximum absolute atomic E-state index is 4.56. The van der Waals surface area contributed by atoms with Crippen molar-refractivity contribution in [1.82, 2.24) is 19.9 Å². The van der Waals surface area contributed by atoms with Crippen LogP contribution in [-0.2, 0) is 0 Å². The van der Waals surface area contributed by atoms with Gasteiger partial charge in [-0.1, -0.05) is 24.3 Å². The van der Waals surface area contributed by atoms with Gasteiger partial charge in [0.2, 0.25) is 0 Å². The smallest absolute Gasteiger partial charge is 0.120 e. The van der Waals surface area contributed by atoms with Crippen LogP contribution in [-0.4, -0.2) is 19.9 Å². The SMILES string of the molecule is [c]1nc2ccccc2nc1-c1cnc2ccccc2n1. The van der Waals surface area contributed by atoms with Crippen LogP contribution >= 0.6 is 0 Å². The first-order valence-corrected chi connectivity index (χ1v) is 6.27. The van der Waals surface area contributed by atoms with Crippen molar-refractivity contribution >= 4 is 22.1 Å². The lowest BCUT2D eigenvalue weighted by Crippen LogP contribution is -1.93. The van der Waals surface area contributed by atoms with E-state index in [0.29, 0.717) is 11.4 Å². The van der Waals surface area contributed by atoms with E-state index in [2.05, 4.69) is 26.1 Å². The van der Waals surface area contributed by atoms with Crippen LogP contribution in [0.1, 0.15) is 0 Å². The molecule has 4 aromatic rings. The van der Waals surface area contributed by atoms with E-state index in [9.17, 15) is 0 Å². The van der Waals surface area contributed by atoms with Crippen LogP contribution in [0.2, 0.25) is 0 Å². The number of rotatable bonds is 1. The highest BCUT2D eigenvalue weighted by atomic mass is 14.9. The molecule has 0 bridgehead atoms. The molecule has 2 aromatic heterocycles. The molecule has 0 unspecified atom stereocenters. The van der Waals surface area contributed by atoms with Crippen molar-refractivity contribution in [2.45, 2.75) is 0 Å². The third kappa shape index (κ3) is 1.78. The van der Waals surface area contributed by atoms with Crippen molar-refractivity contribution in [3.05, 3.63) is 60.9 Å². The minimum atomic E-state index is 0.613. The lowest BCUT2D eigenvalue weighted by Gasteiger charge is -2.02. The molecule has 0 aliphatic heterocycles. The van der Waals surface area contributed by atoms with Crippen LogP contribution < -0.4 is 0 Å². The van der Waals surface area contributed by atoms with Gasteiger partial charge in [0.25, 0.3) is 0 Å². The molecule has 0 N–H and O–H groups in total. The highest BCUT2D eigenvalue weighted by Gasteiger charge is 2.06. The van der Waals surface area contributed by atoms with E-state index in [1.165, 1.54) is 0 Å². The van der Waals surface area contributed by atoms with Crippen LogP contribution in [0.15, 0.2) is 54.7 Å². The fourth-order valence-electron chi connectivity index (χ4n) is 2.10. The van der Waals surface area contributed by atoms with E-state index >= 15 is 0 Å². The molecule has 0 amide bonds. The van der Waals surface area contributed by atoms with E-state index in [1.54, 1.807) is 6.20 Å². The Bertz CT molecular complexity index is 841. The van der Waals surface area contributed by atoms with Gasteiger partial charge < -0.3 is 0 Å². The fraction of sp³-hybridized carbons (Fsp3) is 0. The first-order valence-electron chi connectivity index (χ1n) is 6.27. The molecule has 0 saturated carbocycles. The van der Waals surface area contributed by atoms with Gasteiger partial charge in [0.05, 0.1) is 28.3 Å². The summed E-state index contributed by atoms with van der Waals surface area (Å²) in [5.74, 6) is 0. The highest BCUT2D eigenvalue weighted by Crippen LogP contribution is 2.18. The predicted octanol–water partition coefficient (Wildman–Crippen LogP) is 3.04. The Balaban J connectivity index is 1.91. The number of hydrogen-bond donors (Lipinski definition) is 0. The number of hydrogen-bond acceptors (Lipinski definition) is 4. The maximum Gasteiger partial charge on any atom is 0.120 e. The van der Waals surface area contributed by atoms with Gasteiger partial charge >= 0.3 is 0 Å². The van der Waals surface area contributed by atoms with Crippen LogP contribution in [0, 0.1) is 6.20 Å². The molecule has 0 atom stereocenters. The van der Waals surface area contributed by atoms with Crippen LogP contribution in [0.25, 0.3) is 33.5 Å². The third-order valence-electron chi connectivity index (χ3n) is 3.09. The Morgan fingerprint density at radius 2 is 1.35 bits per heavy atom. The summed E-state index contributed by atoms with van der Waals surface area (Å²) in [7, 11) is 0. The summed E-state index contributed by atoms with van der Waals surface area (Å²) >= 11 is 0. The average Bonchev–Trinajstić information content (AvgIpc) is 2.54. The normalized spacial score (nSPS) is 11.0. The minimum Gasteiger partial charge on any atom is -0.252 e. The molecule has 0 fully saturated rings. The van der Waals surface area contributed by atoms with Gasteiger partial charge in [0.1, 0.15) is 17.6 Å². The van der Waals surface area contributed by atoms with Crippen molar-refractivity contribution in [2.24, 2.45) is 0 Å². The molecule has 0 aliphatic carbocycles. The second-order valence-corrected chi connectivity index (χ2v) is 4.42. The average molecular weight is 257 g/mol.